The van der Waals surface area contributed by atoms with E-state index < -0.39 is 11.5 Å². The summed E-state index contributed by atoms with van der Waals surface area (Å²) in [7, 11) is 0. The van der Waals surface area contributed by atoms with Crippen LogP contribution in [0.3, 0.4) is 0 Å². The molecule has 0 aliphatic heterocycles. The van der Waals surface area contributed by atoms with Gasteiger partial charge in [-0.1, -0.05) is 23.5 Å². The van der Waals surface area contributed by atoms with E-state index in [1.165, 1.54) is 29.7 Å². The van der Waals surface area contributed by atoms with Gasteiger partial charge in [0, 0.05) is 32.1 Å². The first kappa shape index (κ1) is 21.2. The summed E-state index contributed by atoms with van der Waals surface area (Å²) in [6.07, 6.45) is 3.01. The minimum absolute atomic E-state index is 0.123. The highest BCUT2D eigenvalue weighted by atomic mass is 32.1. The van der Waals surface area contributed by atoms with Crippen LogP contribution in [0.25, 0.3) is 21.4 Å². The fraction of sp³-hybridized carbons (Fsp3) is 0.227. The highest BCUT2D eigenvalue weighted by Gasteiger charge is 2.12. The summed E-state index contributed by atoms with van der Waals surface area (Å²) < 4.78 is 13.8. The van der Waals surface area contributed by atoms with Crippen LogP contribution in [0.5, 0.6) is 0 Å². The van der Waals surface area contributed by atoms with Gasteiger partial charge in [-0.2, -0.15) is 4.98 Å². The zero-order valence-electron chi connectivity index (χ0n) is 17.6. The van der Waals surface area contributed by atoms with Gasteiger partial charge in [0.15, 0.2) is 4.83 Å². The van der Waals surface area contributed by atoms with E-state index in [0.29, 0.717) is 22.6 Å². The second-order valence-electron chi connectivity index (χ2n) is 7.41. The number of rotatable bonds is 9. The smallest absolute Gasteiger partial charge is 0.347 e. The number of thiazole rings is 1. The number of anilines is 1. The molecule has 4 N–H and O–H groups in total. The number of benzene rings is 1. The molecule has 11 heteroatoms. The van der Waals surface area contributed by atoms with Crippen LogP contribution in [-0.4, -0.2) is 43.0 Å². The van der Waals surface area contributed by atoms with Crippen LogP contribution in [0.4, 0.5) is 10.2 Å². The zero-order valence-corrected chi connectivity index (χ0v) is 18.4. The molecule has 0 spiro atoms. The van der Waals surface area contributed by atoms with Crippen LogP contribution in [0.15, 0.2) is 47.4 Å². The van der Waals surface area contributed by atoms with E-state index in [4.69, 9.17) is 0 Å². The second-order valence-corrected chi connectivity index (χ2v) is 8.48. The van der Waals surface area contributed by atoms with Gasteiger partial charge in [-0.25, -0.2) is 19.2 Å². The van der Waals surface area contributed by atoms with E-state index in [1.54, 1.807) is 0 Å². The van der Waals surface area contributed by atoms with Crippen molar-refractivity contribution in [2.75, 3.05) is 18.4 Å². The molecule has 0 amide bonds. The Kier molecular flexibility index (Phi) is 6.05. The molecule has 4 heterocycles. The van der Waals surface area contributed by atoms with Gasteiger partial charge in [-0.3, -0.25) is 9.97 Å². The van der Waals surface area contributed by atoms with Crippen LogP contribution < -0.4 is 16.3 Å². The van der Waals surface area contributed by atoms with Crippen molar-refractivity contribution in [1.82, 2.24) is 35.2 Å². The highest BCUT2D eigenvalue weighted by Crippen LogP contribution is 2.24. The van der Waals surface area contributed by atoms with Gasteiger partial charge in [0.2, 0.25) is 0 Å². The molecule has 33 heavy (non-hydrogen) atoms. The lowest BCUT2D eigenvalue weighted by Crippen LogP contribution is -2.20. The van der Waals surface area contributed by atoms with E-state index in [-0.39, 0.29) is 12.2 Å². The first-order valence-corrected chi connectivity index (χ1v) is 11.3. The van der Waals surface area contributed by atoms with E-state index in [2.05, 4.69) is 40.5 Å². The Labute approximate surface area is 191 Å². The Balaban J connectivity index is 1.19. The molecule has 0 unspecified atom stereocenters. The topological polar surface area (TPSA) is 124 Å². The lowest BCUT2D eigenvalue weighted by atomic mass is 10.3. The molecule has 0 saturated heterocycles. The van der Waals surface area contributed by atoms with Gasteiger partial charge in [-0.05, 0) is 24.3 Å². The molecule has 0 atom stereocenters. The number of halogens is 1. The van der Waals surface area contributed by atoms with Crippen molar-refractivity contribution in [3.8, 4) is 0 Å². The van der Waals surface area contributed by atoms with E-state index in [1.807, 2.05) is 24.3 Å². The predicted octanol–water partition coefficient (Wildman–Crippen LogP) is 2.78. The fourth-order valence-corrected chi connectivity index (χ4v) is 4.42. The third-order valence-corrected chi connectivity index (χ3v) is 6.09. The largest absolute Gasteiger partial charge is 0.364 e. The molecule has 0 bridgehead atoms. The molecule has 0 saturated carbocycles. The van der Waals surface area contributed by atoms with Crippen LogP contribution >= 0.6 is 11.3 Å². The average molecular weight is 465 g/mol. The Morgan fingerprint density at radius 1 is 1.00 bits per heavy atom. The number of imidazole rings is 1. The molecule has 168 valence electrons. The average Bonchev–Trinajstić information content (AvgIpc) is 3.41. The lowest BCUT2D eigenvalue weighted by Gasteiger charge is -2.06. The molecule has 1 aromatic carbocycles. The Morgan fingerprint density at radius 3 is 2.76 bits per heavy atom. The van der Waals surface area contributed by atoms with Crippen molar-refractivity contribution in [2.45, 2.75) is 19.4 Å². The molecule has 9 nitrogen and oxygen atoms in total. The van der Waals surface area contributed by atoms with Crippen molar-refractivity contribution < 1.29 is 4.39 Å². The summed E-state index contributed by atoms with van der Waals surface area (Å²) in [6.45, 7) is 1.64. The number of aromatic amines is 2. The summed E-state index contributed by atoms with van der Waals surface area (Å²) in [5, 5.41) is 7.29. The standard InChI is InChI=1S/C22H21FN8OS/c23-13-4-3-9-25-16(13)12-26-20-19-21(31-22(32)30-20)33-18(29-19)8-11-24-10-7-17-27-14-5-1-2-6-15(14)28-17/h1-6,9,24H,7-8,10-12H2,(H,27,28)(H2,26,30,31,32). The zero-order chi connectivity index (χ0) is 22.6. The van der Waals surface area contributed by atoms with Gasteiger partial charge in [0.25, 0.3) is 0 Å². The first-order valence-electron chi connectivity index (χ1n) is 10.5. The SMILES string of the molecule is O=c1nc2sc(CCNCCc3nc4ccccc4[nH]3)nc2c(NCc2ncccc2F)[nH]1. The van der Waals surface area contributed by atoms with Crippen molar-refractivity contribution in [3.05, 3.63) is 75.4 Å². The van der Waals surface area contributed by atoms with Gasteiger partial charge < -0.3 is 15.6 Å². The third-order valence-electron chi connectivity index (χ3n) is 5.09. The monoisotopic (exact) mass is 464 g/mol. The number of nitrogens with one attached hydrogen (secondary N) is 4. The van der Waals surface area contributed by atoms with Crippen molar-refractivity contribution in [2.24, 2.45) is 0 Å². The molecule has 5 aromatic rings. The summed E-state index contributed by atoms with van der Waals surface area (Å²) in [6, 6.07) is 10.8. The molecule has 5 rings (SSSR count). The van der Waals surface area contributed by atoms with Gasteiger partial charge in [-0.15, -0.1) is 0 Å². The number of para-hydroxylation sites is 2. The highest BCUT2D eigenvalue weighted by molar-refractivity contribution is 7.18. The van der Waals surface area contributed by atoms with E-state index >= 15 is 0 Å². The number of nitrogens with zero attached hydrogens (tertiary/aromatic N) is 4. The van der Waals surface area contributed by atoms with Gasteiger partial charge >= 0.3 is 5.69 Å². The molecule has 0 aliphatic rings. The molecular weight excluding hydrogens is 443 g/mol. The van der Waals surface area contributed by atoms with E-state index in [9.17, 15) is 9.18 Å². The second kappa shape index (κ2) is 9.43. The molecule has 4 aromatic heterocycles. The Bertz CT molecular complexity index is 1430. The van der Waals surface area contributed by atoms with Crippen molar-refractivity contribution in [3.63, 3.8) is 0 Å². The van der Waals surface area contributed by atoms with Crippen LogP contribution in [0.1, 0.15) is 16.5 Å². The molecular formula is C22H21FN8OS. The summed E-state index contributed by atoms with van der Waals surface area (Å²) >= 11 is 1.38. The van der Waals surface area contributed by atoms with E-state index in [0.717, 1.165) is 41.4 Å². The molecule has 0 fully saturated rings. The summed E-state index contributed by atoms with van der Waals surface area (Å²) in [4.78, 5) is 35.7. The van der Waals surface area contributed by atoms with Crippen molar-refractivity contribution in [1.29, 1.82) is 0 Å². The van der Waals surface area contributed by atoms with Gasteiger partial charge in [0.05, 0.1) is 28.3 Å². The predicted molar refractivity (Wildman–Crippen MR) is 126 cm³/mol. The van der Waals surface area contributed by atoms with Gasteiger partial charge in [0.1, 0.15) is 23.0 Å². The summed E-state index contributed by atoms with van der Waals surface area (Å²) in [5.41, 5.74) is 2.35. The van der Waals surface area contributed by atoms with Crippen LogP contribution in [-0.2, 0) is 19.4 Å². The van der Waals surface area contributed by atoms with Crippen molar-refractivity contribution >= 4 is 38.5 Å². The summed E-state index contributed by atoms with van der Waals surface area (Å²) in [5.74, 6) is 0.951. The number of H-pyrrole nitrogens is 2. The number of pyridine rings is 1. The maximum absolute atomic E-state index is 13.8. The Hall–Kier alpha value is -3.70. The number of hydrogen-bond donors (Lipinski definition) is 4. The maximum Gasteiger partial charge on any atom is 0.347 e. The minimum atomic E-state index is -0.481. The third kappa shape index (κ3) is 4.89. The minimum Gasteiger partial charge on any atom is -0.364 e. The molecule has 0 radical (unpaired) electrons. The number of hydrogen-bond acceptors (Lipinski definition) is 8. The van der Waals surface area contributed by atoms with Crippen LogP contribution in [0.2, 0.25) is 0 Å². The lowest BCUT2D eigenvalue weighted by molar-refractivity contribution is 0.602. The normalized spacial score (nSPS) is 11.4. The number of aromatic nitrogens is 6. The van der Waals surface area contributed by atoms with Crippen LogP contribution in [0, 0.1) is 5.82 Å². The quantitative estimate of drug-likeness (QED) is 0.247. The number of fused-ring (bicyclic) bond motifs is 2. The molecule has 0 aliphatic carbocycles. The first-order chi connectivity index (χ1) is 16.2. The maximum atomic E-state index is 13.8. The Morgan fingerprint density at radius 2 is 1.88 bits per heavy atom. The fourth-order valence-electron chi connectivity index (χ4n) is 3.49.